The van der Waals surface area contributed by atoms with Crippen molar-refractivity contribution >= 4 is 22.9 Å². The van der Waals surface area contributed by atoms with Gasteiger partial charge in [-0.2, -0.15) is 0 Å². The molecule has 1 rings (SSSR count). The first-order valence-corrected chi connectivity index (χ1v) is 5.59. The maximum absolute atomic E-state index is 5.81. The van der Waals surface area contributed by atoms with Crippen LogP contribution < -0.4 is 11.1 Å². The van der Waals surface area contributed by atoms with Gasteiger partial charge in [0, 0.05) is 17.5 Å². The van der Waals surface area contributed by atoms with E-state index < -0.39 is 0 Å². The van der Waals surface area contributed by atoms with Crippen molar-refractivity contribution in [2.75, 3.05) is 6.54 Å². The molecule has 1 unspecified atom stereocenters. The van der Waals surface area contributed by atoms with Crippen LogP contribution in [0.1, 0.15) is 18.2 Å². The van der Waals surface area contributed by atoms with Crippen molar-refractivity contribution < 1.29 is 0 Å². The largest absolute Gasteiger partial charge is 0.330 e. The number of rotatable bonds is 5. The lowest BCUT2D eigenvalue weighted by atomic mass is 10.2. The molecule has 13 heavy (non-hydrogen) atoms. The highest BCUT2D eigenvalue weighted by atomic mass is 35.5. The molecule has 0 saturated heterocycles. The second-order valence-corrected chi connectivity index (χ2v) is 4.86. The second-order valence-electron chi connectivity index (χ2n) is 3.07. The topological polar surface area (TPSA) is 38.0 Å². The van der Waals surface area contributed by atoms with Crippen molar-refractivity contribution in [1.82, 2.24) is 5.32 Å². The first-order chi connectivity index (χ1) is 6.22. The van der Waals surface area contributed by atoms with Gasteiger partial charge in [0.15, 0.2) is 0 Å². The Morgan fingerprint density at radius 1 is 1.62 bits per heavy atom. The van der Waals surface area contributed by atoms with Crippen molar-refractivity contribution in [3.8, 4) is 0 Å². The number of nitrogens with one attached hydrogen (secondary N) is 1. The van der Waals surface area contributed by atoms with E-state index in [9.17, 15) is 0 Å². The van der Waals surface area contributed by atoms with Gasteiger partial charge in [-0.05, 0) is 32.0 Å². The van der Waals surface area contributed by atoms with Crippen LogP contribution in [0.15, 0.2) is 12.1 Å². The molecule has 1 aromatic heterocycles. The van der Waals surface area contributed by atoms with Gasteiger partial charge in [0.2, 0.25) is 0 Å². The summed E-state index contributed by atoms with van der Waals surface area (Å²) in [6.07, 6.45) is 1.01. The highest BCUT2D eigenvalue weighted by Gasteiger charge is 2.01. The van der Waals surface area contributed by atoms with Crippen LogP contribution in [0, 0.1) is 0 Å². The summed E-state index contributed by atoms with van der Waals surface area (Å²) in [5.41, 5.74) is 5.44. The Balaban J connectivity index is 2.26. The molecule has 1 heterocycles. The average molecular weight is 219 g/mol. The van der Waals surface area contributed by atoms with Crippen LogP contribution >= 0.6 is 22.9 Å². The van der Waals surface area contributed by atoms with Crippen molar-refractivity contribution in [2.45, 2.75) is 25.9 Å². The molecule has 1 atom stereocenters. The van der Waals surface area contributed by atoms with E-state index in [1.54, 1.807) is 11.3 Å². The van der Waals surface area contributed by atoms with Crippen molar-refractivity contribution in [3.05, 3.63) is 21.3 Å². The number of hydrogen-bond donors (Lipinski definition) is 2. The standard InChI is InChI=1S/C9H15ClN2S/c1-7(4-5-11)12-6-8-2-3-9(10)13-8/h2-3,7,12H,4-6,11H2,1H3. The predicted octanol–water partition coefficient (Wildman–Crippen LogP) is 2.23. The molecule has 1 aromatic rings. The van der Waals surface area contributed by atoms with E-state index in [4.69, 9.17) is 17.3 Å². The Hall–Kier alpha value is -0.0900. The van der Waals surface area contributed by atoms with Gasteiger partial charge in [-0.15, -0.1) is 11.3 Å². The predicted molar refractivity (Wildman–Crippen MR) is 59.3 cm³/mol. The number of nitrogens with two attached hydrogens (primary N) is 1. The summed E-state index contributed by atoms with van der Waals surface area (Å²) in [5.74, 6) is 0. The molecule has 0 bridgehead atoms. The molecule has 0 fully saturated rings. The highest BCUT2D eigenvalue weighted by Crippen LogP contribution is 2.21. The fourth-order valence-corrected chi connectivity index (χ4v) is 2.11. The quantitative estimate of drug-likeness (QED) is 0.796. The number of hydrogen-bond acceptors (Lipinski definition) is 3. The molecular formula is C9H15ClN2S. The Labute approximate surface area is 88.1 Å². The summed E-state index contributed by atoms with van der Waals surface area (Å²) >= 11 is 7.43. The SMILES string of the molecule is CC(CCN)NCc1ccc(Cl)s1. The average Bonchev–Trinajstić information content (AvgIpc) is 2.49. The van der Waals surface area contributed by atoms with Gasteiger partial charge in [0.25, 0.3) is 0 Å². The zero-order valence-electron chi connectivity index (χ0n) is 7.72. The molecule has 0 amide bonds. The molecule has 0 aliphatic rings. The van der Waals surface area contributed by atoms with E-state index in [-0.39, 0.29) is 0 Å². The van der Waals surface area contributed by atoms with E-state index in [0.717, 1.165) is 23.8 Å². The molecule has 0 aliphatic heterocycles. The number of thiophene rings is 1. The molecular weight excluding hydrogens is 204 g/mol. The maximum atomic E-state index is 5.81. The fraction of sp³-hybridized carbons (Fsp3) is 0.556. The van der Waals surface area contributed by atoms with Crippen LogP contribution in [-0.4, -0.2) is 12.6 Å². The third-order valence-electron chi connectivity index (χ3n) is 1.85. The van der Waals surface area contributed by atoms with Crippen LogP contribution in [0.3, 0.4) is 0 Å². The molecule has 74 valence electrons. The second kappa shape index (κ2) is 5.60. The Morgan fingerprint density at radius 3 is 2.92 bits per heavy atom. The van der Waals surface area contributed by atoms with E-state index in [0.29, 0.717) is 6.04 Å². The highest BCUT2D eigenvalue weighted by molar-refractivity contribution is 7.16. The summed E-state index contributed by atoms with van der Waals surface area (Å²) in [7, 11) is 0. The summed E-state index contributed by atoms with van der Waals surface area (Å²) in [6.45, 7) is 3.76. The smallest absolute Gasteiger partial charge is 0.0931 e. The zero-order chi connectivity index (χ0) is 9.68. The molecule has 4 heteroatoms. The van der Waals surface area contributed by atoms with E-state index in [1.165, 1.54) is 4.88 Å². The van der Waals surface area contributed by atoms with Gasteiger partial charge in [-0.1, -0.05) is 11.6 Å². The third kappa shape index (κ3) is 4.09. The minimum Gasteiger partial charge on any atom is -0.330 e. The van der Waals surface area contributed by atoms with Gasteiger partial charge in [-0.25, -0.2) is 0 Å². The lowest BCUT2D eigenvalue weighted by molar-refractivity contribution is 0.522. The van der Waals surface area contributed by atoms with Crippen LogP contribution in [0.25, 0.3) is 0 Å². The molecule has 0 spiro atoms. The monoisotopic (exact) mass is 218 g/mol. The number of halogens is 1. The van der Waals surface area contributed by atoms with Gasteiger partial charge in [0.1, 0.15) is 0 Å². The van der Waals surface area contributed by atoms with Crippen molar-refractivity contribution in [1.29, 1.82) is 0 Å². The van der Waals surface area contributed by atoms with Crippen LogP contribution in [0.2, 0.25) is 4.34 Å². The van der Waals surface area contributed by atoms with E-state index in [2.05, 4.69) is 18.3 Å². The molecule has 0 saturated carbocycles. The van der Waals surface area contributed by atoms with E-state index >= 15 is 0 Å². The lowest BCUT2D eigenvalue weighted by Crippen LogP contribution is -2.27. The summed E-state index contributed by atoms with van der Waals surface area (Å²) in [5, 5.41) is 3.38. The van der Waals surface area contributed by atoms with Crippen LogP contribution in [-0.2, 0) is 6.54 Å². The molecule has 0 aliphatic carbocycles. The van der Waals surface area contributed by atoms with Crippen molar-refractivity contribution in [2.24, 2.45) is 5.73 Å². The third-order valence-corrected chi connectivity index (χ3v) is 3.08. The maximum Gasteiger partial charge on any atom is 0.0931 e. The summed E-state index contributed by atoms with van der Waals surface area (Å²) in [4.78, 5) is 1.27. The van der Waals surface area contributed by atoms with Gasteiger partial charge < -0.3 is 11.1 Å². The van der Waals surface area contributed by atoms with Crippen molar-refractivity contribution in [3.63, 3.8) is 0 Å². The Bertz CT molecular complexity index is 250. The van der Waals surface area contributed by atoms with Crippen LogP contribution in [0.5, 0.6) is 0 Å². The molecule has 0 radical (unpaired) electrons. The van der Waals surface area contributed by atoms with Crippen LogP contribution in [0.4, 0.5) is 0 Å². The molecule has 2 nitrogen and oxygen atoms in total. The normalized spacial score (nSPS) is 13.2. The fourth-order valence-electron chi connectivity index (χ4n) is 1.07. The van der Waals surface area contributed by atoms with Gasteiger partial charge >= 0.3 is 0 Å². The minimum atomic E-state index is 0.478. The molecule has 0 aromatic carbocycles. The zero-order valence-corrected chi connectivity index (χ0v) is 9.29. The van der Waals surface area contributed by atoms with E-state index in [1.807, 2.05) is 6.07 Å². The summed E-state index contributed by atoms with van der Waals surface area (Å²) < 4.78 is 0.850. The minimum absolute atomic E-state index is 0.478. The van der Waals surface area contributed by atoms with Gasteiger partial charge in [-0.3, -0.25) is 0 Å². The Morgan fingerprint density at radius 2 is 2.38 bits per heavy atom. The molecule has 3 N–H and O–H groups in total. The lowest BCUT2D eigenvalue weighted by Gasteiger charge is -2.10. The Kier molecular flexibility index (Phi) is 4.73. The van der Waals surface area contributed by atoms with Gasteiger partial charge in [0.05, 0.1) is 4.34 Å². The first-order valence-electron chi connectivity index (χ1n) is 4.40. The summed E-state index contributed by atoms with van der Waals surface area (Å²) in [6, 6.07) is 4.46. The first kappa shape index (κ1) is 11.0.